The summed E-state index contributed by atoms with van der Waals surface area (Å²) in [5, 5.41) is 5.72. The molecular weight excluding hydrogens is 421 g/mol. The number of rotatable bonds is 12. The third kappa shape index (κ3) is 9.41. The summed E-state index contributed by atoms with van der Waals surface area (Å²) >= 11 is 0. The van der Waals surface area contributed by atoms with Gasteiger partial charge in [-0.3, -0.25) is 9.59 Å². The average molecular weight is 451 g/mol. The maximum absolute atomic E-state index is 12.2. The van der Waals surface area contributed by atoms with Crippen LogP contribution < -0.4 is 15.4 Å². The number of carbonyl (C=O) groups is 2. The van der Waals surface area contributed by atoms with E-state index in [1.807, 2.05) is 18.2 Å². The number of halogens is 3. The van der Waals surface area contributed by atoms with Gasteiger partial charge in [0.05, 0.1) is 0 Å². The van der Waals surface area contributed by atoms with Crippen LogP contribution in [0.2, 0.25) is 0 Å². The summed E-state index contributed by atoms with van der Waals surface area (Å²) in [5.41, 5.74) is 0.929. The maximum atomic E-state index is 12.2. The van der Waals surface area contributed by atoms with E-state index in [0.29, 0.717) is 24.6 Å². The summed E-state index contributed by atoms with van der Waals surface area (Å²) in [4.78, 5) is 24.2. The Bertz CT molecular complexity index is 840. The Morgan fingerprint density at radius 2 is 1.34 bits per heavy atom. The molecule has 0 aromatic heterocycles. The third-order valence-corrected chi connectivity index (χ3v) is 5.11. The summed E-state index contributed by atoms with van der Waals surface area (Å²) in [6.45, 7) is 3.23. The van der Waals surface area contributed by atoms with Crippen LogP contribution in [-0.2, 0) is 0 Å². The minimum Gasteiger partial charge on any atom is -0.406 e. The molecule has 0 saturated heterocycles. The van der Waals surface area contributed by atoms with Crippen molar-refractivity contribution in [1.82, 2.24) is 10.6 Å². The summed E-state index contributed by atoms with van der Waals surface area (Å²) in [6.07, 6.45) is -0.123. The topological polar surface area (TPSA) is 67.4 Å². The van der Waals surface area contributed by atoms with Crippen molar-refractivity contribution in [3.05, 3.63) is 65.7 Å². The van der Waals surface area contributed by atoms with Gasteiger partial charge in [0.1, 0.15) is 5.75 Å². The van der Waals surface area contributed by atoms with Crippen molar-refractivity contribution >= 4 is 11.8 Å². The van der Waals surface area contributed by atoms with E-state index in [0.717, 1.165) is 44.2 Å². The zero-order valence-electron chi connectivity index (χ0n) is 18.1. The molecule has 1 atom stereocenters. The monoisotopic (exact) mass is 450 g/mol. The minimum atomic E-state index is -4.76. The number of carbonyl (C=O) groups excluding carboxylic acids is 2. The van der Waals surface area contributed by atoms with E-state index in [-0.39, 0.29) is 23.1 Å². The van der Waals surface area contributed by atoms with Gasteiger partial charge in [0, 0.05) is 24.2 Å². The SMILES string of the molecule is CCC(CCCNC(=O)c1ccccc1)CCCNC(=O)c1ccc(OC(F)(F)F)cc1. The van der Waals surface area contributed by atoms with Crippen LogP contribution in [0.1, 0.15) is 59.7 Å². The van der Waals surface area contributed by atoms with Gasteiger partial charge in [-0.05, 0) is 68.0 Å². The lowest BCUT2D eigenvalue weighted by atomic mass is 9.95. The maximum Gasteiger partial charge on any atom is 0.573 e. The molecule has 2 N–H and O–H groups in total. The van der Waals surface area contributed by atoms with E-state index in [1.54, 1.807) is 12.1 Å². The molecule has 2 amide bonds. The molecule has 0 aliphatic heterocycles. The van der Waals surface area contributed by atoms with Crippen molar-refractivity contribution in [2.24, 2.45) is 5.92 Å². The molecule has 2 aromatic carbocycles. The van der Waals surface area contributed by atoms with Crippen molar-refractivity contribution in [2.45, 2.75) is 45.4 Å². The standard InChI is InChI=1S/C24H29F3N2O3/c1-2-18(8-6-16-28-22(30)19-10-4-3-5-11-19)9-7-17-29-23(31)20-12-14-21(15-13-20)32-24(25,26)27/h3-5,10-15,18H,2,6-9,16-17H2,1H3,(H,28,30)(H,29,31). The molecule has 1 unspecified atom stereocenters. The summed E-state index contributed by atoms with van der Waals surface area (Å²) in [6, 6.07) is 13.9. The number of amides is 2. The van der Waals surface area contributed by atoms with Crippen LogP contribution in [-0.4, -0.2) is 31.3 Å². The lowest BCUT2D eigenvalue weighted by Crippen LogP contribution is -2.25. The zero-order valence-corrected chi connectivity index (χ0v) is 18.1. The van der Waals surface area contributed by atoms with E-state index < -0.39 is 6.36 Å². The van der Waals surface area contributed by atoms with Crippen LogP contribution in [0, 0.1) is 5.92 Å². The Morgan fingerprint density at radius 1 is 0.844 bits per heavy atom. The molecule has 2 aromatic rings. The molecular formula is C24H29F3N2O3. The van der Waals surface area contributed by atoms with Gasteiger partial charge in [-0.1, -0.05) is 31.5 Å². The average Bonchev–Trinajstić information content (AvgIpc) is 2.77. The Balaban J connectivity index is 1.62. The first-order valence-electron chi connectivity index (χ1n) is 10.8. The summed E-state index contributed by atoms with van der Waals surface area (Å²) in [7, 11) is 0. The highest BCUT2D eigenvalue weighted by atomic mass is 19.4. The number of hydrogen-bond acceptors (Lipinski definition) is 3. The normalized spacial score (nSPS) is 12.1. The molecule has 0 bridgehead atoms. The van der Waals surface area contributed by atoms with Gasteiger partial charge in [0.25, 0.3) is 11.8 Å². The highest BCUT2D eigenvalue weighted by Crippen LogP contribution is 2.22. The highest BCUT2D eigenvalue weighted by molar-refractivity contribution is 5.94. The Hall–Kier alpha value is -3.03. The van der Waals surface area contributed by atoms with Gasteiger partial charge in [-0.25, -0.2) is 0 Å². The Labute approximate surface area is 186 Å². The predicted octanol–water partition coefficient (Wildman–Crippen LogP) is 5.33. The fourth-order valence-corrected chi connectivity index (χ4v) is 3.34. The molecule has 0 saturated carbocycles. The Kier molecular flexibility index (Phi) is 10.0. The fourth-order valence-electron chi connectivity index (χ4n) is 3.34. The molecule has 2 rings (SSSR count). The largest absolute Gasteiger partial charge is 0.573 e. The van der Waals surface area contributed by atoms with E-state index in [9.17, 15) is 22.8 Å². The van der Waals surface area contributed by atoms with Gasteiger partial charge in [0.2, 0.25) is 0 Å². The molecule has 0 fully saturated rings. The van der Waals surface area contributed by atoms with Gasteiger partial charge in [0.15, 0.2) is 0 Å². The quantitative estimate of drug-likeness (QED) is 0.430. The van der Waals surface area contributed by atoms with Crippen molar-refractivity contribution in [3.8, 4) is 5.75 Å². The number of hydrogen-bond donors (Lipinski definition) is 2. The summed E-state index contributed by atoms with van der Waals surface area (Å²) < 4.78 is 40.3. The Morgan fingerprint density at radius 3 is 1.81 bits per heavy atom. The van der Waals surface area contributed by atoms with E-state index in [2.05, 4.69) is 22.3 Å². The van der Waals surface area contributed by atoms with Gasteiger partial charge in [-0.2, -0.15) is 0 Å². The molecule has 0 radical (unpaired) electrons. The van der Waals surface area contributed by atoms with Crippen LogP contribution in [0.5, 0.6) is 5.75 Å². The van der Waals surface area contributed by atoms with Crippen LogP contribution in [0.25, 0.3) is 0 Å². The first kappa shape index (κ1) is 25.2. The molecule has 5 nitrogen and oxygen atoms in total. The number of ether oxygens (including phenoxy) is 1. The van der Waals surface area contributed by atoms with Crippen LogP contribution >= 0.6 is 0 Å². The zero-order chi connectivity index (χ0) is 23.4. The smallest absolute Gasteiger partial charge is 0.406 e. The molecule has 0 aliphatic rings. The fraction of sp³-hybridized carbons (Fsp3) is 0.417. The predicted molar refractivity (Wildman–Crippen MR) is 116 cm³/mol. The van der Waals surface area contributed by atoms with Crippen molar-refractivity contribution < 1.29 is 27.5 Å². The second kappa shape index (κ2) is 12.7. The van der Waals surface area contributed by atoms with Crippen LogP contribution in [0.3, 0.4) is 0 Å². The summed E-state index contributed by atoms with van der Waals surface area (Å²) in [5.74, 6) is -0.265. The lowest BCUT2D eigenvalue weighted by molar-refractivity contribution is -0.274. The van der Waals surface area contributed by atoms with E-state index in [4.69, 9.17) is 0 Å². The van der Waals surface area contributed by atoms with Crippen molar-refractivity contribution in [1.29, 1.82) is 0 Å². The molecule has 174 valence electrons. The number of alkyl halides is 3. The van der Waals surface area contributed by atoms with Crippen molar-refractivity contribution in [2.75, 3.05) is 13.1 Å². The minimum absolute atomic E-state index is 0.0700. The first-order chi connectivity index (χ1) is 15.3. The second-order valence-electron chi connectivity index (χ2n) is 7.51. The molecule has 8 heteroatoms. The van der Waals surface area contributed by atoms with Gasteiger partial charge < -0.3 is 15.4 Å². The van der Waals surface area contributed by atoms with Crippen LogP contribution in [0.4, 0.5) is 13.2 Å². The van der Waals surface area contributed by atoms with Crippen molar-refractivity contribution in [3.63, 3.8) is 0 Å². The van der Waals surface area contributed by atoms with E-state index >= 15 is 0 Å². The lowest BCUT2D eigenvalue weighted by Gasteiger charge is -2.15. The first-order valence-corrected chi connectivity index (χ1v) is 10.8. The molecule has 0 spiro atoms. The second-order valence-corrected chi connectivity index (χ2v) is 7.51. The number of benzene rings is 2. The highest BCUT2D eigenvalue weighted by Gasteiger charge is 2.31. The molecule has 32 heavy (non-hydrogen) atoms. The molecule has 0 aliphatic carbocycles. The van der Waals surface area contributed by atoms with Crippen LogP contribution in [0.15, 0.2) is 54.6 Å². The van der Waals surface area contributed by atoms with E-state index in [1.165, 1.54) is 12.1 Å². The van der Waals surface area contributed by atoms with Gasteiger partial charge in [-0.15, -0.1) is 13.2 Å². The molecule has 0 heterocycles. The number of nitrogens with one attached hydrogen (secondary N) is 2. The van der Waals surface area contributed by atoms with Gasteiger partial charge >= 0.3 is 6.36 Å². The third-order valence-electron chi connectivity index (χ3n) is 5.11.